The Bertz CT molecular complexity index is 512. The van der Waals surface area contributed by atoms with Gasteiger partial charge >= 0.3 is 0 Å². The number of rotatable bonds is 5. The van der Waals surface area contributed by atoms with Gasteiger partial charge in [0.2, 0.25) is 0 Å². The first-order valence-electron chi connectivity index (χ1n) is 6.14. The minimum atomic E-state index is 0.169. The van der Waals surface area contributed by atoms with Crippen molar-refractivity contribution in [3.05, 3.63) is 77.9 Å². The predicted octanol–water partition coefficient (Wildman–Crippen LogP) is 3.90. The third kappa shape index (κ3) is 4.02. The first-order chi connectivity index (χ1) is 8.84. The topological polar surface area (TPSA) is 17.1 Å². The number of aryl methyl sites for hydroxylation is 1. The van der Waals surface area contributed by atoms with Crippen molar-refractivity contribution in [1.29, 1.82) is 0 Å². The first-order valence-corrected chi connectivity index (χ1v) is 6.14. The number of benzene rings is 2. The van der Waals surface area contributed by atoms with Gasteiger partial charge in [0.05, 0.1) is 0 Å². The van der Waals surface area contributed by atoms with Crippen LogP contribution in [0.1, 0.15) is 17.5 Å². The first kappa shape index (κ1) is 12.3. The average molecular weight is 236 g/mol. The van der Waals surface area contributed by atoms with Gasteiger partial charge < -0.3 is 0 Å². The minimum absolute atomic E-state index is 0.169. The van der Waals surface area contributed by atoms with Gasteiger partial charge in [0.25, 0.3) is 0 Å². The van der Waals surface area contributed by atoms with Crippen molar-refractivity contribution in [3.63, 3.8) is 0 Å². The average Bonchev–Trinajstić information content (AvgIpc) is 2.45. The molecule has 0 bridgehead atoms. The van der Waals surface area contributed by atoms with Gasteiger partial charge in [-0.1, -0.05) is 66.7 Å². The van der Waals surface area contributed by atoms with Crippen LogP contribution in [0.4, 0.5) is 0 Å². The molecule has 2 rings (SSSR count). The van der Waals surface area contributed by atoms with Crippen LogP contribution in [-0.2, 0) is 11.2 Å². The van der Waals surface area contributed by atoms with E-state index in [1.54, 1.807) is 6.08 Å². The Morgan fingerprint density at radius 1 is 0.889 bits per heavy atom. The quantitative estimate of drug-likeness (QED) is 0.719. The van der Waals surface area contributed by atoms with E-state index in [4.69, 9.17) is 0 Å². The summed E-state index contributed by atoms with van der Waals surface area (Å²) in [5, 5.41) is 0. The van der Waals surface area contributed by atoms with E-state index >= 15 is 0 Å². The summed E-state index contributed by atoms with van der Waals surface area (Å²) in [4.78, 5) is 11.7. The molecule has 1 heteroatoms. The summed E-state index contributed by atoms with van der Waals surface area (Å²) < 4.78 is 0. The SMILES string of the molecule is O=C(C=Cc1ccccc1)CCc1ccccc1. The standard InChI is InChI=1S/C17H16O/c18-17(13-11-15-7-3-1-4-8-15)14-12-16-9-5-2-6-10-16/h1-11,13H,12,14H2. The third-order valence-electron chi connectivity index (χ3n) is 2.76. The lowest BCUT2D eigenvalue weighted by Gasteiger charge is -1.98. The Kier molecular flexibility index (Phi) is 4.48. The van der Waals surface area contributed by atoms with Crippen LogP contribution in [0.5, 0.6) is 0 Å². The van der Waals surface area contributed by atoms with Crippen LogP contribution in [0.25, 0.3) is 6.08 Å². The smallest absolute Gasteiger partial charge is 0.156 e. The summed E-state index contributed by atoms with van der Waals surface area (Å²) in [5.74, 6) is 0.169. The summed E-state index contributed by atoms with van der Waals surface area (Å²) in [5.41, 5.74) is 2.27. The van der Waals surface area contributed by atoms with Gasteiger partial charge in [-0.2, -0.15) is 0 Å². The molecule has 0 heterocycles. The highest BCUT2D eigenvalue weighted by Gasteiger charge is 1.98. The van der Waals surface area contributed by atoms with Gasteiger partial charge in [-0.05, 0) is 23.6 Å². The molecule has 0 amide bonds. The van der Waals surface area contributed by atoms with Crippen molar-refractivity contribution >= 4 is 11.9 Å². The van der Waals surface area contributed by atoms with Crippen LogP contribution in [0.3, 0.4) is 0 Å². The molecule has 0 aromatic heterocycles. The van der Waals surface area contributed by atoms with Crippen molar-refractivity contribution in [2.24, 2.45) is 0 Å². The van der Waals surface area contributed by atoms with Crippen molar-refractivity contribution in [2.45, 2.75) is 12.8 Å². The fourth-order valence-corrected chi connectivity index (χ4v) is 1.75. The second-order valence-electron chi connectivity index (χ2n) is 4.20. The van der Waals surface area contributed by atoms with Crippen molar-refractivity contribution in [2.75, 3.05) is 0 Å². The zero-order valence-corrected chi connectivity index (χ0v) is 10.3. The molecule has 0 saturated heterocycles. The van der Waals surface area contributed by atoms with E-state index in [1.165, 1.54) is 5.56 Å². The van der Waals surface area contributed by atoms with E-state index in [0.29, 0.717) is 6.42 Å². The van der Waals surface area contributed by atoms with Crippen LogP contribution in [0.15, 0.2) is 66.7 Å². The van der Waals surface area contributed by atoms with Crippen LogP contribution in [0, 0.1) is 0 Å². The molecule has 2 aromatic rings. The highest BCUT2D eigenvalue weighted by Crippen LogP contribution is 2.05. The molecule has 0 unspecified atom stereocenters. The van der Waals surface area contributed by atoms with Crippen LogP contribution < -0.4 is 0 Å². The van der Waals surface area contributed by atoms with Crippen molar-refractivity contribution < 1.29 is 4.79 Å². The van der Waals surface area contributed by atoms with E-state index in [-0.39, 0.29) is 5.78 Å². The van der Waals surface area contributed by atoms with Crippen molar-refractivity contribution in [1.82, 2.24) is 0 Å². The molecule has 0 atom stereocenters. The monoisotopic (exact) mass is 236 g/mol. The second kappa shape index (κ2) is 6.55. The summed E-state index contributed by atoms with van der Waals surface area (Å²) in [6, 6.07) is 20.0. The highest BCUT2D eigenvalue weighted by atomic mass is 16.1. The molecule has 0 radical (unpaired) electrons. The van der Waals surface area contributed by atoms with Gasteiger partial charge in [0.15, 0.2) is 5.78 Å². The molecule has 0 aliphatic rings. The fraction of sp³-hybridized carbons (Fsp3) is 0.118. The molecule has 2 aromatic carbocycles. The lowest BCUT2D eigenvalue weighted by molar-refractivity contribution is -0.114. The number of hydrogen-bond acceptors (Lipinski definition) is 1. The van der Waals surface area contributed by atoms with E-state index < -0.39 is 0 Å². The molecule has 0 N–H and O–H groups in total. The lowest BCUT2D eigenvalue weighted by Crippen LogP contribution is -1.95. The van der Waals surface area contributed by atoms with Gasteiger partial charge in [-0.15, -0.1) is 0 Å². The number of carbonyl (C=O) groups is 1. The highest BCUT2D eigenvalue weighted by molar-refractivity contribution is 5.93. The minimum Gasteiger partial charge on any atom is -0.295 e. The number of allylic oxidation sites excluding steroid dienone is 1. The zero-order valence-electron chi connectivity index (χ0n) is 10.3. The van der Waals surface area contributed by atoms with Crippen LogP contribution >= 0.6 is 0 Å². The Labute approximate surface area is 108 Å². The van der Waals surface area contributed by atoms with Gasteiger partial charge in [0.1, 0.15) is 0 Å². The van der Waals surface area contributed by atoms with E-state index in [9.17, 15) is 4.79 Å². The molecule has 18 heavy (non-hydrogen) atoms. The Balaban J connectivity index is 1.84. The lowest BCUT2D eigenvalue weighted by atomic mass is 10.1. The molecule has 0 saturated carbocycles. The molecule has 0 aliphatic carbocycles. The van der Waals surface area contributed by atoms with Crippen molar-refractivity contribution in [3.8, 4) is 0 Å². The van der Waals surface area contributed by atoms with Gasteiger partial charge in [-0.25, -0.2) is 0 Å². The normalized spacial score (nSPS) is 10.7. The summed E-state index contributed by atoms with van der Waals surface area (Å²) in [7, 11) is 0. The zero-order chi connectivity index (χ0) is 12.6. The second-order valence-corrected chi connectivity index (χ2v) is 4.20. The number of ketones is 1. The predicted molar refractivity (Wildman–Crippen MR) is 75.2 cm³/mol. The Morgan fingerprint density at radius 3 is 2.17 bits per heavy atom. The Hall–Kier alpha value is -2.15. The largest absolute Gasteiger partial charge is 0.295 e. The van der Waals surface area contributed by atoms with Crippen LogP contribution in [0.2, 0.25) is 0 Å². The Morgan fingerprint density at radius 2 is 1.50 bits per heavy atom. The van der Waals surface area contributed by atoms with E-state index in [1.807, 2.05) is 66.7 Å². The van der Waals surface area contributed by atoms with E-state index in [2.05, 4.69) is 0 Å². The van der Waals surface area contributed by atoms with Crippen LogP contribution in [-0.4, -0.2) is 5.78 Å². The number of hydrogen-bond donors (Lipinski definition) is 0. The maximum Gasteiger partial charge on any atom is 0.156 e. The van der Waals surface area contributed by atoms with Gasteiger partial charge in [-0.3, -0.25) is 4.79 Å². The maximum absolute atomic E-state index is 11.7. The summed E-state index contributed by atoms with van der Waals surface area (Å²) in [6.07, 6.45) is 4.90. The molecular weight excluding hydrogens is 220 g/mol. The molecule has 0 spiro atoms. The van der Waals surface area contributed by atoms with Gasteiger partial charge in [0, 0.05) is 6.42 Å². The molecule has 90 valence electrons. The maximum atomic E-state index is 11.7. The molecular formula is C17H16O. The van der Waals surface area contributed by atoms with E-state index in [0.717, 1.165) is 12.0 Å². The summed E-state index contributed by atoms with van der Waals surface area (Å²) >= 11 is 0. The number of carbonyl (C=O) groups excluding carboxylic acids is 1. The summed E-state index contributed by atoms with van der Waals surface area (Å²) in [6.45, 7) is 0. The molecule has 0 aliphatic heterocycles. The molecule has 0 fully saturated rings. The third-order valence-corrected chi connectivity index (χ3v) is 2.76. The molecule has 1 nitrogen and oxygen atoms in total. The fourth-order valence-electron chi connectivity index (χ4n) is 1.75.